The van der Waals surface area contributed by atoms with E-state index < -0.39 is 20.6 Å². The first-order chi connectivity index (χ1) is 19.7. The van der Waals surface area contributed by atoms with Crippen molar-refractivity contribution < 1.29 is 27.6 Å². The van der Waals surface area contributed by atoms with Gasteiger partial charge in [-0.3, -0.25) is 24.4 Å². The number of fused-ring (bicyclic) bond motifs is 2. The second-order valence-corrected chi connectivity index (χ2v) is 11.5. The molecule has 14 heteroatoms. The van der Waals surface area contributed by atoms with E-state index in [1.807, 2.05) is 18.2 Å². The van der Waals surface area contributed by atoms with Crippen molar-refractivity contribution in [1.29, 1.82) is 0 Å². The summed E-state index contributed by atoms with van der Waals surface area (Å²) in [4.78, 5) is 40.7. The van der Waals surface area contributed by atoms with Crippen LogP contribution in [0.4, 0.5) is 5.69 Å². The minimum absolute atomic E-state index is 0.109. The number of carbonyl (C=O) groups is 1. The number of nitro benzene ring substituents is 1. The van der Waals surface area contributed by atoms with Gasteiger partial charge in [-0.15, -0.1) is 0 Å². The number of carbonyl (C=O) groups excluding carboxylic acids is 1. The first-order valence-electron chi connectivity index (χ1n) is 12.8. The van der Waals surface area contributed by atoms with Gasteiger partial charge in [0.25, 0.3) is 15.7 Å². The minimum atomic E-state index is -4.41. The SMILES string of the molecule is O=C(Cn1c(=O)n(S(=O)(=O)c2ccc([N+](=O)[O-])cc2)c2ccccc21)N1CCN(Cc2ccc3c(c2)OCO3)CC1. The van der Waals surface area contributed by atoms with Crippen LogP contribution in [0, 0.1) is 10.1 Å². The number of nitrogens with zero attached hydrogens (tertiary/aromatic N) is 5. The zero-order valence-corrected chi connectivity index (χ0v) is 22.5. The van der Waals surface area contributed by atoms with Crippen molar-refractivity contribution in [2.75, 3.05) is 33.0 Å². The lowest BCUT2D eigenvalue weighted by molar-refractivity contribution is -0.384. The molecule has 0 saturated carbocycles. The van der Waals surface area contributed by atoms with Crippen molar-refractivity contribution in [2.45, 2.75) is 18.0 Å². The molecule has 0 spiro atoms. The van der Waals surface area contributed by atoms with E-state index in [0.717, 1.165) is 45.9 Å². The summed E-state index contributed by atoms with van der Waals surface area (Å²) in [6.07, 6.45) is 0. The van der Waals surface area contributed by atoms with Gasteiger partial charge in [-0.25, -0.2) is 13.2 Å². The largest absolute Gasteiger partial charge is 0.454 e. The molecule has 2 aliphatic rings. The van der Waals surface area contributed by atoms with E-state index >= 15 is 0 Å². The molecule has 4 aromatic rings. The smallest absolute Gasteiger partial charge is 0.343 e. The summed E-state index contributed by atoms with van der Waals surface area (Å²) in [5.41, 5.74) is 0.303. The molecule has 0 atom stereocenters. The highest BCUT2D eigenvalue weighted by Gasteiger charge is 2.28. The zero-order chi connectivity index (χ0) is 28.7. The molecule has 0 unspecified atom stereocenters. The summed E-state index contributed by atoms with van der Waals surface area (Å²) in [6.45, 7) is 2.74. The summed E-state index contributed by atoms with van der Waals surface area (Å²) in [7, 11) is -4.41. The molecule has 0 aliphatic carbocycles. The molecule has 0 N–H and O–H groups in total. The van der Waals surface area contributed by atoms with E-state index in [4.69, 9.17) is 9.47 Å². The molecule has 0 bridgehead atoms. The Morgan fingerprint density at radius 1 is 0.902 bits per heavy atom. The lowest BCUT2D eigenvalue weighted by Gasteiger charge is -2.34. The lowest BCUT2D eigenvalue weighted by atomic mass is 10.1. The Morgan fingerprint density at radius 2 is 1.59 bits per heavy atom. The quantitative estimate of drug-likeness (QED) is 0.237. The third-order valence-electron chi connectivity index (χ3n) is 7.24. The van der Waals surface area contributed by atoms with Gasteiger partial charge in [0.2, 0.25) is 12.7 Å². The maximum Gasteiger partial charge on any atom is 0.343 e. The number of rotatable bonds is 7. The summed E-state index contributed by atoms with van der Waals surface area (Å²) in [5.74, 6) is 1.14. The van der Waals surface area contributed by atoms with E-state index in [2.05, 4.69) is 4.90 Å². The maximum atomic E-state index is 13.5. The third kappa shape index (κ3) is 4.91. The standard InChI is InChI=1S/C27H25N5O8S/c33-26(29-13-11-28(12-14-29)16-19-5-10-24-25(15-19)40-18-39-24)17-30-22-3-1-2-4-23(22)31(27(30)34)41(37,38)21-8-6-20(7-9-21)32(35)36/h1-10,15H,11-14,16-18H2. The Bertz CT molecular complexity index is 1820. The van der Waals surface area contributed by atoms with Crippen LogP contribution in [0.2, 0.25) is 0 Å². The highest BCUT2D eigenvalue weighted by atomic mass is 32.2. The molecule has 13 nitrogen and oxygen atoms in total. The van der Waals surface area contributed by atoms with Crippen molar-refractivity contribution in [1.82, 2.24) is 18.3 Å². The van der Waals surface area contributed by atoms with Crippen molar-refractivity contribution in [3.8, 4) is 11.5 Å². The molecule has 1 aromatic heterocycles. The Balaban J connectivity index is 1.19. The van der Waals surface area contributed by atoms with Crippen LogP contribution in [0.5, 0.6) is 11.5 Å². The second kappa shape index (κ2) is 10.4. The van der Waals surface area contributed by atoms with Crippen LogP contribution in [0.3, 0.4) is 0 Å². The van der Waals surface area contributed by atoms with Crippen LogP contribution in [-0.4, -0.2) is 70.6 Å². The van der Waals surface area contributed by atoms with Gasteiger partial charge in [0, 0.05) is 44.9 Å². The monoisotopic (exact) mass is 579 g/mol. The molecule has 1 amide bonds. The normalized spacial score (nSPS) is 15.4. The van der Waals surface area contributed by atoms with E-state index in [-0.39, 0.29) is 40.9 Å². The van der Waals surface area contributed by atoms with Gasteiger partial charge in [-0.05, 0) is 42.0 Å². The van der Waals surface area contributed by atoms with Crippen LogP contribution in [0.15, 0.2) is 76.4 Å². The number of para-hydroxylation sites is 2. The molecule has 3 aromatic carbocycles. The molecule has 1 saturated heterocycles. The van der Waals surface area contributed by atoms with Crippen molar-refractivity contribution in [3.63, 3.8) is 0 Å². The fourth-order valence-corrected chi connectivity index (χ4v) is 6.51. The average Bonchev–Trinajstić information content (AvgIpc) is 3.55. The highest BCUT2D eigenvalue weighted by molar-refractivity contribution is 7.90. The Morgan fingerprint density at radius 3 is 2.29 bits per heavy atom. The highest BCUT2D eigenvalue weighted by Crippen LogP contribution is 2.33. The predicted octanol–water partition coefficient (Wildman–Crippen LogP) is 2.02. The van der Waals surface area contributed by atoms with Crippen molar-refractivity contribution >= 4 is 32.7 Å². The zero-order valence-electron chi connectivity index (χ0n) is 21.7. The summed E-state index contributed by atoms with van der Waals surface area (Å²) in [5, 5.41) is 11.0. The number of aromatic nitrogens is 2. The molecule has 6 rings (SSSR count). The fourth-order valence-electron chi connectivity index (χ4n) is 5.10. The van der Waals surface area contributed by atoms with Gasteiger partial charge in [0.15, 0.2) is 11.5 Å². The number of imidazole rings is 1. The Kier molecular flexibility index (Phi) is 6.71. The Labute approximate surface area is 233 Å². The molecular weight excluding hydrogens is 554 g/mol. The number of piperazine rings is 1. The van der Waals surface area contributed by atoms with Crippen LogP contribution in [-0.2, 0) is 27.9 Å². The number of amides is 1. The van der Waals surface area contributed by atoms with Crippen molar-refractivity contribution in [2.24, 2.45) is 0 Å². The van der Waals surface area contributed by atoms with Crippen LogP contribution in [0.1, 0.15) is 5.56 Å². The van der Waals surface area contributed by atoms with Crippen LogP contribution in [0.25, 0.3) is 11.0 Å². The first-order valence-corrected chi connectivity index (χ1v) is 14.3. The molecule has 3 heterocycles. The number of non-ortho nitro benzene ring substituents is 1. The summed E-state index contributed by atoms with van der Waals surface area (Å²) < 4.78 is 39.5. The second-order valence-electron chi connectivity index (χ2n) is 9.72. The van der Waals surface area contributed by atoms with E-state index in [0.29, 0.717) is 36.7 Å². The first kappa shape index (κ1) is 26.5. The fraction of sp³-hybridized carbons (Fsp3) is 0.259. The van der Waals surface area contributed by atoms with Crippen LogP contribution >= 0.6 is 0 Å². The van der Waals surface area contributed by atoms with Crippen molar-refractivity contribution in [3.05, 3.63) is 92.9 Å². The lowest BCUT2D eigenvalue weighted by Crippen LogP contribution is -2.49. The third-order valence-corrected chi connectivity index (χ3v) is 8.94. The van der Waals surface area contributed by atoms with Gasteiger partial charge < -0.3 is 14.4 Å². The van der Waals surface area contributed by atoms with Gasteiger partial charge in [0.1, 0.15) is 6.54 Å². The number of nitro groups is 1. The Hall–Kier alpha value is -4.69. The topological polar surface area (TPSA) is 146 Å². The summed E-state index contributed by atoms with van der Waals surface area (Å²) >= 11 is 0. The molecule has 0 radical (unpaired) electrons. The van der Waals surface area contributed by atoms with Gasteiger partial charge in [-0.2, -0.15) is 3.97 Å². The van der Waals surface area contributed by atoms with E-state index in [9.17, 15) is 28.1 Å². The van der Waals surface area contributed by atoms with Gasteiger partial charge in [-0.1, -0.05) is 18.2 Å². The number of benzene rings is 3. The number of hydrogen-bond donors (Lipinski definition) is 0. The molecule has 1 fully saturated rings. The number of hydrogen-bond acceptors (Lipinski definition) is 9. The number of ether oxygens (including phenoxy) is 2. The van der Waals surface area contributed by atoms with E-state index in [1.54, 1.807) is 23.1 Å². The van der Waals surface area contributed by atoms with Crippen LogP contribution < -0.4 is 15.2 Å². The molecule has 2 aliphatic heterocycles. The molecule has 212 valence electrons. The van der Waals surface area contributed by atoms with Gasteiger partial charge >= 0.3 is 5.69 Å². The predicted molar refractivity (Wildman–Crippen MR) is 146 cm³/mol. The minimum Gasteiger partial charge on any atom is -0.454 e. The van der Waals surface area contributed by atoms with E-state index in [1.165, 1.54) is 6.07 Å². The molecule has 41 heavy (non-hydrogen) atoms. The van der Waals surface area contributed by atoms with Gasteiger partial charge in [0.05, 0.1) is 20.9 Å². The average molecular weight is 580 g/mol. The molecular formula is C27H25N5O8S. The summed E-state index contributed by atoms with van der Waals surface area (Å²) in [6, 6.07) is 16.4. The maximum absolute atomic E-state index is 13.5.